The molecular weight excluding hydrogens is 264 g/mol. The van der Waals surface area contributed by atoms with E-state index in [0.29, 0.717) is 12.0 Å². The van der Waals surface area contributed by atoms with Crippen molar-refractivity contribution in [3.05, 3.63) is 29.8 Å². The first-order valence-corrected chi connectivity index (χ1v) is 8.12. The second kappa shape index (κ2) is 7.25. The molecule has 2 aliphatic heterocycles. The van der Waals surface area contributed by atoms with Gasteiger partial charge in [-0.05, 0) is 31.9 Å². The largest absolute Gasteiger partial charge is 0.493 e. The monoisotopic (exact) mass is 290 g/mol. The van der Waals surface area contributed by atoms with Crippen LogP contribution in [0.3, 0.4) is 0 Å². The second-order valence-corrected chi connectivity index (χ2v) is 6.06. The van der Waals surface area contributed by atoms with Gasteiger partial charge >= 0.3 is 0 Å². The van der Waals surface area contributed by atoms with E-state index in [-0.39, 0.29) is 0 Å². The van der Waals surface area contributed by atoms with Gasteiger partial charge in [-0.15, -0.1) is 0 Å². The zero-order chi connectivity index (χ0) is 14.5. The minimum atomic E-state index is 0.430. The third-order valence-electron chi connectivity index (χ3n) is 4.51. The van der Waals surface area contributed by atoms with Gasteiger partial charge in [0.15, 0.2) is 0 Å². The Bertz CT molecular complexity index is 444. The second-order valence-electron chi connectivity index (χ2n) is 6.06. The lowest BCUT2D eigenvalue weighted by Gasteiger charge is -2.33. The molecule has 1 fully saturated rings. The van der Waals surface area contributed by atoms with Gasteiger partial charge < -0.3 is 20.1 Å². The van der Waals surface area contributed by atoms with Crippen LogP contribution in [-0.4, -0.2) is 50.4 Å². The molecule has 1 aromatic rings. The number of nitrogens with two attached hydrogens (primary N) is 1. The van der Waals surface area contributed by atoms with Crippen molar-refractivity contribution in [3.8, 4) is 5.75 Å². The molecule has 0 radical (unpaired) electrons. The van der Waals surface area contributed by atoms with E-state index < -0.39 is 0 Å². The summed E-state index contributed by atoms with van der Waals surface area (Å²) in [6.45, 7) is 5.72. The number of hydrogen-bond acceptors (Lipinski definition) is 4. The summed E-state index contributed by atoms with van der Waals surface area (Å²) in [5.74, 6) is 1.60. The lowest BCUT2D eigenvalue weighted by atomic mass is 9.99. The molecule has 4 nitrogen and oxygen atoms in total. The highest BCUT2D eigenvalue weighted by atomic mass is 16.5. The van der Waals surface area contributed by atoms with Gasteiger partial charge in [-0.3, -0.25) is 0 Å². The predicted octanol–water partition coefficient (Wildman–Crippen LogP) is 1.99. The van der Waals surface area contributed by atoms with Crippen LogP contribution in [0.1, 0.15) is 30.7 Å². The van der Waals surface area contributed by atoms with Crippen LogP contribution < -0.4 is 10.5 Å². The molecule has 1 unspecified atom stereocenters. The summed E-state index contributed by atoms with van der Waals surface area (Å²) in [5.41, 5.74) is 6.87. The smallest absolute Gasteiger partial charge is 0.122 e. The van der Waals surface area contributed by atoms with Crippen LogP contribution >= 0.6 is 0 Å². The zero-order valence-corrected chi connectivity index (χ0v) is 12.7. The van der Waals surface area contributed by atoms with Crippen molar-refractivity contribution in [1.82, 2.24) is 4.90 Å². The van der Waals surface area contributed by atoms with E-state index in [0.717, 1.165) is 64.4 Å². The standard InChI is InChI=1S/C17H26N2O2/c18-8-3-11-20-15-6-9-19(10-7-15)12-14-13-21-17-5-2-1-4-16(14)17/h1-2,4-5,14-15H,3,6-13,18H2. The third kappa shape index (κ3) is 3.76. The van der Waals surface area contributed by atoms with Crippen molar-refractivity contribution in [3.63, 3.8) is 0 Å². The predicted molar refractivity (Wildman–Crippen MR) is 83.8 cm³/mol. The number of nitrogens with zero attached hydrogens (tertiary/aromatic N) is 1. The van der Waals surface area contributed by atoms with Crippen LogP contribution in [0.15, 0.2) is 24.3 Å². The molecule has 0 bridgehead atoms. The van der Waals surface area contributed by atoms with E-state index in [2.05, 4.69) is 23.1 Å². The lowest BCUT2D eigenvalue weighted by Crippen LogP contribution is -2.39. The lowest BCUT2D eigenvalue weighted by molar-refractivity contribution is 0.00584. The molecule has 116 valence electrons. The van der Waals surface area contributed by atoms with Crippen molar-refractivity contribution < 1.29 is 9.47 Å². The molecule has 0 saturated carbocycles. The molecule has 21 heavy (non-hydrogen) atoms. The topological polar surface area (TPSA) is 47.7 Å². The van der Waals surface area contributed by atoms with Gasteiger partial charge in [0.05, 0.1) is 12.7 Å². The molecule has 0 aliphatic carbocycles. The highest BCUT2D eigenvalue weighted by Gasteiger charge is 2.27. The molecule has 3 rings (SSSR count). The van der Waals surface area contributed by atoms with Gasteiger partial charge in [0.25, 0.3) is 0 Å². The number of likely N-dealkylation sites (tertiary alicyclic amines) is 1. The van der Waals surface area contributed by atoms with E-state index in [1.54, 1.807) is 0 Å². The number of para-hydroxylation sites is 1. The fourth-order valence-electron chi connectivity index (χ4n) is 3.28. The van der Waals surface area contributed by atoms with Gasteiger partial charge in [-0.2, -0.15) is 0 Å². The maximum Gasteiger partial charge on any atom is 0.122 e. The highest BCUT2D eigenvalue weighted by Crippen LogP contribution is 2.34. The first kappa shape index (κ1) is 14.8. The van der Waals surface area contributed by atoms with Crippen molar-refractivity contribution in [2.24, 2.45) is 5.73 Å². The fourth-order valence-corrected chi connectivity index (χ4v) is 3.28. The molecular formula is C17H26N2O2. The molecule has 1 aromatic carbocycles. The van der Waals surface area contributed by atoms with Crippen molar-refractivity contribution in [1.29, 1.82) is 0 Å². The Balaban J connectivity index is 1.44. The molecule has 1 atom stereocenters. The summed E-state index contributed by atoms with van der Waals surface area (Å²) >= 11 is 0. The van der Waals surface area contributed by atoms with Crippen molar-refractivity contribution >= 4 is 0 Å². The first-order valence-electron chi connectivity index (χ1n) is 8.12. The average molecular weight is 290 g/mol. The van der Waals surface area contributed by atoms with Gasteiger partial charge in [0.2, 0.25) is 0 Å². The Morgan fingerprint density at radius 3 is 2.86 bits per heavy atom. The minimum absolute atomic E-state index is 0.430. The molecule has 2 N–H and O–H groups in total. The van der Waals surface area contributed by atoms with Crippen molar-refractivity contribution in [2.75, 3.05) is 39.4 Å². The summed E-state index contributed by atoms with van der Waals surface area (Å²) < 4.78 is 11.6. The maximum absolute atomic E-state index is 5.87. The van der Waals surface area contributed by atoms with E-state index in [1.807, 2.05) is 6.07 Å². The molecule has 2 heterocycles. The number of benzene rings is 1. The summed E-state index contributed by atoms with van der Waals surface area (Å²) in [4.78, 5) is 2.55. The average Bonchev–Trinajstić information content (AvgIpc) is 2.93. The summed E-state index contributed by atoms with van der Waals surface area (Å²) in [5, 5.41) is 0. The minimum Gasteiger partial charge on any atom is -0.493 e. The van der Waals surface area contributed by atoms with Gasteiger partial charge in [0.1, 0.15) is 5.75 Å². The van der Waals surface area contributed by atoms with E-state index >= 15 is 0 Å². The quantitative estimate of drug-likeness (QED) is 0.814. The first-order chi connectivity index (χ1) is 10.4. The van der Waals surface area contributed by atoms with E-state index in [9.17, 15) is 0 Å². The zero-order valence-electron chi connectivity index (χ0n) is 12.7. The number of fused-ring (bicyclic) bond motifs is 1. The number of rotatable bonds is 6. The van der Waals surface area contributed by atoms with Crippen LogP contribution in [0, 0.1) is 0 Å². The summed E-state index contributed by atoms with van der Waals surface area (Å²) in [6, 6.07) is 8.44. The van der Waals surface area contributed by atoms with E-state index in [1.165, 1.54) is 5.56 Å². The summed E-state index contributed by atoms with van der Waals surface area (Å²) in [7, 11) is 0. The van der Waals surface area contributed by atoms with Crippen LogP contribution in [0.4, 0.5) is 0 Å². The summed E-state index contributed by atoms with van der Waals surface area (Å²) in [6.07, 6.45) is 3.68. The Kier molecular flexibility index (Phi) is 5.12. The Hall–Kier alpha value is -1.10. The van der Waals surface area contributed by atoms with Crippen LogP contribution in [0.5, 0.6) is 5.75 Å². The Labute approximate surface area is 127 Å². The number of piperidine rings is 1. The molecule has 2 aliphatic rings. The fraction of sp³-hybridized carbons (Fsp3) is 0.647. The number of ether oxygens (including phenoxy) is 2. The molecule has 4 heteroatoms. The van der Waals surface area contributed by atoms with E-state index in [4.69, 9.17) is 15.2 Å². The molecule has 0 amide bonds. The number of hydrogen-bond donors (Lipinski definition) is 1. The molecule has 1 saturated heterocycles. The maximum atomic E-state index is 5.87. The Morgan fingerprint density at radius 2 is 2.05 bits per heavy atom. The molecule has 0 spiro atoms. The van der Waals surface area contributed by atoms with Crippen molar-refractivity contribution in [2.45, 2.75) is 31.3 Å². The third-order valence-corrected chi connectivity index (χ3v) is 4.51. The normalized spacial score (nSPS) is 23.0. The SMILES string of the molecule is NCCCOC1CCN(CC2COc3ccccc32)CC1. The van der Waals surface area contributed by atoms with Crippen LogP contribution in [0.2, 0.25) is 0 Å². The molecule has 0 aromatic heterocycles. The van der Waals surface area contributed by atoms with Crippen LogP contribution in [-0.2, 0) is 4.74 Å². The van der Waals surface area contributed by atoms with Gasteiger partial charge in [0, 0.05) is 37.7 Å². The van der Waals surface area contributed by atoms with Crippen LogP contribution in [0.25, 0.3) is 0 Å². The van der Waals surface area contributed by atoms with Gasteiger partial charge in [-0.1, -0.05) is 18.2 Å². The Morgan fingerprint density at radius 1 is 1.24 bits per heavy atom. The van der Waals surface area contributed by atoms with Gasteiger partial charge in [-0.25, -0.2) is 0 Å². The highest BCUT2D eigenvalue weighted by molar-refractivity contribution is 5.39.